The van der Waals surface area contributed by atoms with Crippen LogP contribution in [0.2, 0.25) is 0 Å². The minimum absolute atomic E-state index is 0.0727. The topological polar surface area (TPSA) is 115 Å². The van der Waals surface area contributed by atoms with E-state index < -0.39 is 17.1 Å². The molecule has 0 aromatic heterocycles. The maximum atomic E-state index is 14.7. The Bertz CT molecular complexity index is 1560. The predicted molar refractivity (Wildman–Crippen MR) is 200 cm³/mol. The van der Waals surface area contributed by atoms with E-state index in [0.29, 0.717) is 59.9 Å². The van der Waals surface area contributed by atoms with Crippen LogP contribution < -0.4 is 20.7 Å². The van der Waals surface area contributed by atoms with E-state index in [9.17, 15) is 14.7 Å². The number of aliphatic hydroxyl groups is 1. The number of carbonyl (C=O) groups excluding carboxylic acids is 2. The van der Waals surface area contributed by atoms with Crippen LogP contribution in [-0.2, 0) is 21.0 Å². The molecule has 1 aliphatic heterocycles. The molecule has 10 heteroatoms. The van der Waals surface area contributed by atoms with Crippen molar-refractivity contribution in [3.63, 3.8) is 0 Å². The highest BCUT2D eigenvalue weighted by Crippen LogP contribution is 2.66. The Kier molecular flexibility index (Phi) is 10.7. The van der Waals surface area contributed by atoms with E-state index in [2.05, 4.69) is 43.3 Å². The monoisotopic (exact) mass is 703 g/mol. The van der Waals surface area contributed by atoms with Crippen molar-refractivity contribution in [1.82, 2.24) is 25.9 Å². The molecule has 1 aromatic rings. The van der Waals surface area contributed by atoms with Gasteiger partial charge in [-0.3, -0.25) is 14.4 Å². The van der Waals surface area contributed by atoms with Gasteiger partial charge in [0.25, 0.3) is 5.91 Å². The number of methoxy groups -OCH3 is 1. The standard InChI is InChI=1S/C41H61N5O5/c1-10-27(18-28(37(47)42-6)16-17-45(7)8)31-13-11-12-29(35(31)50-9)23-46-36(38(48)44-33-20-30-19-32(25(33)2)39(30,3)4)41(24-40(41,5)49)34(51-46)22-43-21-26-14-15-26/h10-13,16,18,25-26,30,32-34,36,43,49H,1,14-15,17,19-24H2,2-9H3,(H,42,47)(H,44,48)/b27-18+,28-16+/t25-,30+,32-,33-,34-,36+,40?,41+/m0/s1. The molecule has 2 amide bonds. The number of nitrogens with zero attached hydrogens (tertiary/aromatic N) is 2. The van der Waals surface area contributed by atoms with Gasteiger partial charge in [-0.1, -0.05) is 57.7 Å². The molecule has 2 bridgehead atoms. The SMILES string of the molecule is C=C/C(=C\C(=C/CN(C)C)C(=O)NC)c1cccc(CN2O[C@@H](CNCC3CC3)[C@]3(CC3(C)O)[C@H]2C(=O)N[C@H]2C[C@H]3C[C@@H]([C@@H]2C)C3(C)C)c1OC. The van der Waals surface area contributed by atoms with Crippen LogP contribution in [0.3, 0.4) is 0 Å². The molecular formula is C41H61N5O5. The van der Waals surface area contributed by atoms with E-state index in [4.69, 9.17) is 9.57 Å². The fourth-order valence-corrected chi connectivity index (χ4v) is 9.59. The first-order valence-corrected chi connectivity index (χ1v) is 18.9. The number of fused-ring (bicyclic) bond motifs is 2. The molecule has 8 atom stereocenters. The normalized spacial score (nSPS) is 34.3. The number of hydroxylamine groups is 2. The fourth-order valence-electron chi connectivity index (χ4n) is 9.59. The highest BCUT2D eigenvalue weighted by molar-refractivity contribution is 5.99. The van der Waals surface area contributed by atoms with Crippen molar-refractivity contribution in [3.05, 3.63) is 59.7 Å². The molecule has 6 aliphatic rings. The second kappa shape index (κ2) is 14.4. The summed E-state index contributed by atoms with van der Waals surface area (Å²) in [7, 11) is 7.16. The van der Waals surface area contributed by atoms with Gasteiger partial charge in [-0.25, -0.2) is 0 Å². The lowest BCUT2D eigenvalue weighted by Gasteiger charge is -2.62. The zero-order valence-corrected chi connectivity index (χ0v) is 32.1. The van der Waals surface area contributed by atoms with Crippen LogP contribution >= 0.6 is 0 Å². The third-order valence-corrected chi connectivity index (χ3v) is 13.2. The quantitative estimate of drug-likeness (QED) is 0.158. The number of hydrogen-bond donors (Lipinski definition) is 4. The van der Waals surface area contributed by atoms with Gasteiger partial charge in [0.1, 0.15) is 17.9 Å². The first-order valence-electron chi connectivity index (χ1n) is 18.9. The van der Waals surface area contributed by atoms with E-state index in [-0.39, 0.29) is 30.5 Å². The maximum absolute atomic E-state index is 14.7. The molecule has 5 saturated carbocycles. The van der Waals surface area contributed by atoms with E-state index in [0.717, 1.165) is 29.7 Å². The number of carbonyl (C=O) groups is 2. The van der Waals surface area contributed by atoms with Crippen molar-refractivity contribution in [3.8, 4) is 5.75 Å². The van der Waals surface area contributed by atoms with Gasteiger partial charge >= 0.3 is 0 Å². The highest BCUT2D eigenvalue weighted by atomic mass is 16.7. The average molecular weight is 704 g/mol. The lowest BCUT2D eigenvalue weighted by molar-refractivity contribution is -0.176. The van der Waals surface area contributed by atoms with Gasteiger partial charge in [0.05, 0.1) is 24.7 Å². The molecule has 5 aliphatic carbocycles. The molecule has 7 rings (SSSR count). The van der Waals surface area contributed by atoms with E-state index in [1.54, 1.807) is 20.2 Å². The molecule has 1 unspecified atom stereocenters. The first kappa shape index (κ1) is 37.7. The van der Waals surface area contributed by atoms with Crippen molar-refractivity contribution in [1.29, 1.82) is 0 Å². The zero-order chi connectivity index (χ0) is 36.9. The van der Waals surface area contributed by atoms with Gasteiger partial charge in [0.2, 0.25) is 5.91 Å². The number of amides is 2. The van der Waals surface area contributed by atoms with Crippen molar-refractivity contribution in [2.45, 2.75) is 90.1 Å². The summed E-state index contributed by atoms with van der Waals surface area (Å²) in [4.78, 5) is 36.3. The molecule has 10 nitrogen and oxygen atoms in total. The number of rotatable bonds is 15. The summed E-state index contributed by atoms with van der Waals surface area (Å²) in [6.45, 7) is 15.3. The number of hydrogen-bond acceptors (Lipinski definition) is 8. The molecule has 6 fully saturated rings. The van der Waals surface area contributed by atoms with Gasteiger partial charge in [-0.15, -0.1) is 0 Å². The maximum Gasteiger partial charge on any atom is 0.250 e. The van der Waals surface area contributed by atoms with E-state index in [1.165, 1.54) is 19.3 Å². The number of likely N-dealkylation sites (N-methyl/N-ethyl adjacent to an activating group) is 2. The molecule has 1 spiro atoms. The molecule has 1 aromatic carbocycles. The van der Waals surface area contributed by atoms with Crippen LogP contribution in [0.4, 0.5) is 0 Å². The minimum atomic E-state index is -1.04. The number of nitrogens with one attached hydrogen (secondary N) is 3. The summed E-state index contributed by atoms with van der Waals surface area (Å²) in [5.74, 6) is 2.63. The largest absolute Gasteiger partial charge is 0.496 e. The summed E-state index contributed by atoms with van der Waals surface area (Å²) in [5.41, 5.74) is 1.38. The predicted octanol–water partition coefficient (Wildman–Crippen LogP) is 4.31. The van der Waals surface area contributed by atoms with Gasteiger partial charge < -0.3 is 30.7 Å². The summed E-state index contributed by atoms with van der Waals surface area (Å²) < 4.78 is 6.08. The Balaban J connectivity index is 1.32. The number of allylic oxidation sites excluding steroid dienone is 2. The van der Waals surface area contributed by atoms with Crippen molar-refractivity contribution >= 4 is 17.4 Å². The number of para-hydroxylation sites is 1. The van der Waals surface area contributed by atoms with Crippen molar-refractivity contribution < 1.29 is 24.3 Å². The van der Waals surface area contributed by atoms with Crippen molar-refractivity contribution in [2.75, 3.05) is 47.9 Å². The summed E-state index contributed by atoms with van der Waals surface area (Å²) in [6.07, 6.45) is 10.3. The second-order valence-corrected chi connectivity index (χ2v) is 17.0. The van der Waals surface area contributed by atoms with Crippen LogP contribution in [0.25, 0.3) is 5.57 Å². The van der Waals surface area contributed by atoms with Crippen LogP contribution in [0.5, 0.6) is 5.75 Å². The molecule has 51 heavy (non-hydrogen) atoms. The molecular weight excluding hydrogens is 642 g/mol. The number of ether oxygens (including phenoxy) is 1. The summed E-state index contributed by atoms with van der Waals surface area (Å²) in [5, 5.41) is 23.4. The summed E-state index contributed by atoms with van der Waals surface area (Å²) in [6, 6.07) is 5.30. The smallest absolute Gasteiger partial charge is 0.250 e. The minimum Gasteiger partial charge on any atom is -0.496 e. The Morgan fingerprint density at radius 1 is 1.18 bits per heavy atom. The first-order chi connectivity index (χ1) is 24.2. The Labute approximate surface area is 305 Å². The third-order valence-electron chi connectivity index (χ3n) is 13.2. The summed E-state index contributed by atoms with van der Waals surface area (Å²) >= 11 is 0. The van der Waals surface area contributed by atoms with Crippen LogP contribution in [0, 0.1) is 34.5 Å². The van der Waals surface area contributed by atoms with Gasteiger partial charge in [-0.05, 0) is 100 Å². The Hall–Kier alpha value is -3.02. The second-order valence-electron chi connectivity index (χ2n) is 17.0. The fraction of sp³-hybridized carbons (Fsp3) is 0.659. The number of benzene rings is 1. The lowest BCUT2D eigenvalue weighted by atomic mass is 9.45. The van der Waals surface area contributed by atoms with Crippen LogP contribution in [0.15, 0.2) is 48.6 Å². The molecule has 280 valence electrons. The van der Waals surface area contributed by atoms with Crippen molar-refractivity contribution in [2.24, 2.45) is 34.5 Å². The molecule has 0 radical (unpaired) electrons. The molecule has 1 saturated heterocycles. The Morgan fingerprint density at radius 2 is 1.90 bits per heavy atom. The highest BCUT2D eigenvalue weighted by Gasteiger charge is 2.78. The van der Waals surface area contributed by atoms with Gasteiger partial charge in [0, 0.05) is 42.9 Å². The molecule has 4 N–H and O–H groups in total. The van der Waals surface area contributed by atoms with Crippen LogP contribution in [-0.4, -0.2) is 98.6 Å². The molecule has 1 heterocycles. The van der Waals surface area contributed by atoms with Crippen LogP contribution in [0.1, 0.15) is 70.9 Å². The van der Waals surface area contributed by atoms with E-state index >= 15 is 0 Å². The zero-order valence-electron chi connectivity index (χ0n) is 32.1. The third kappa shape index (κ3) is 7.07. The van der Waals surface area contributed by atoms with Gasteiger partial charge in [-0.2, -0.15) is 5.06 Å². The Morgan fingerprint density at radius 3 is 2.47 bits per heavy atom. The van der Waals surface area contributed by atoms with E-state index in [1.807, 2.05) is 61.3 Å². The lowest BCUT2D eigenvalue weighted by Crippen LogP contribution is -2.62. The van der Waals surface area contributed by atoms with Gasteiger partial charge in [0.15, 0.2) is 0 Å². The average Bonchev–Trinajstić information content (AvgIpc) is 3.98.